The predicted molar refractivity (Wildman–Crippen MR) is 77.0 cm³/mol. The van der Waals surface area contributed by atoms with Crippen LogP contribution in [0.25, 0.3) is 0 Å². The minimum absolute atomic E-state index is 0.181. The maximum atomic E-state index is 11.9. The van der Waals surface area contributed by atoms with Crippen LogP contribution in [0.2, 0.25) is 0 Å². The second-order valence-electron chi connectivity index (χ2n) is 4.79. The Morgan fingerprint density at radius 2 is 2.23 bits per heavy atom. The van der Waals surface area contributed by atoms with Gasteiger partial charge in [0.05, 0.1) is 12.2 Å². The summed E-state index contributed by atoms with van der Waals surface area (Å²) in [6, 6.07) is 5.17. The predicted octanol–water partition coefficient (Wildman–Crippen LogP) is 1.40. The Hall–Kier alpha value is -2.83. The molecule has 7 heteroatoms. The monoisotopic (exact) mass is 301 g/mol. The van der Waals surface area contributed by atoms with Crippen LogP contribution in [0.15, 0.2) is 36.8 Å². The lowest BCUT2D eigenvalue weighted by atomic mass is 10.3. The fourth-order valence-corrected chi connectivity index (χ4v) is 1.94. The van der Waals surface area contributed by atoms with Crippen LogP contribution in [-0.2, 0) is 0 Å². The van der Waals surface area contributed by atoms with E-state index in [-0.39, 0.29) is 24.4 Å². The topological polar surface area (TPSA) is 82.6 Å². The number of ether oxygens (including phenoxy) is 3. The minimum atomic E-state index is -0.283. The van der Waals surface area contributed by atoms with E-state index in [1.807, 2.05) is 6.92 Å². The van der Waals surface area contributed by atoms with Crippen molar-refractivity contribution in [3.63, 3.8) is 0 Å². The zero-order valence-electron chi connectivity index (χ0n) is 12.0. The summed E-state index contributed by atoms with van der Waals surface area (Å²) in [5.41, 5.74) is 0.275. The van der Waals surface area contributed by atoms with Crippen molar-refractivity contribution in [3.05, 3.63) is 42.5 Å². The molecule has 114 valence electrons. The zero-order valence-corrected chi connectivity index (χ0v) is 12.0. The average molecular weight is 301 g/mol. The fourth-order valence-electron chi connectivity index (χ4n) is 1.94. The van der Waals surface area contributed by atoms with E-state index in [0.717, 1.165) is 0 Å². The second kappa shape index (κ2) is 6.30. The summed E-state index contributed by atoms with van der Waals surface area (Å²) in [6.45, 7) is 2.40. The number of fused-ring (bicyclic) bond motifs is 1. The van der Waals surface area contributed by atoms with Crippen molar-refractivity contribution in [2.75, 3.05) is 13.4 Å². The van der Waals surface area contributed by atoms with Gasteiger partial charge in [-0.15, -0.1) is 0 Å². The molecule has 7 nitrogen and oxygen atoms in total. The smallest absolute Gasteiger partial charge is 0.271 e. The third-order valence-corrected chi connectivity index (χ3v) is 3.02. The van der Waals surface area contributed by atoms with Gasteiger partial charge in [-0.3, -0.25) is 9.78 Å². The van der Waals surface area contributed by atoms with E-state index in [1.165, 1.54) is 18.6 Å². The summed E-state index contributed by atoms with van der Waals surface area (Å²) >= 11 is 0. The number of aromatic nitrogens is 2. The van der Waals surface area contributed by atoms with Crippen molar-refractivity contribution in [2.24, 2.45) is 0 Å². The van der Waals surface area contributed by atoms with Crippen molar-refractivity contribution in [3.8, 4) is 17.2 Å². The molecule has 1 atom stereocenters. The third kappa shape index (κ3) is 3.25. The minimum Gasteiger partial charge on any atom is -0.491 e. The van der Waals surface area contributed by atoms with E-state index in [2.05, 4.69) is 15.3 Å². The number of rotatable bonds is 5. The van der Waals surface area contributed by atoms with Crippen LogP contribution < -0.4 is 19.5 Å². The van der Waals surface area contributed by atoms with Gasteiger partial charge in [-0.25, -0.2) is 4.98 Å². The molecule has 0 saturated carbocycles. The van der Waals surface area contributed by atoms with E-state index in [4.69, 9.17) is 14.2 Å². The molecule has 1 unspecified atom stereocenters. The van der Waals surface area contributed by atoms with Gasteiger partial charge in [0.2, 0.25) is 6.79 Å². The molecule has 1 aromatic heterocycles. The molecule has 2 heterocycles. The average Bonchev–Trinajstić information content (AvgIpc) is 3.01. The molecular weight excluding hydrogens is 286 g/mol. The number of nitrogens with zero attached hydrogens (tertiary/aromatic N) is 2. The first-order valence-electron chi connectivity index (χ1n) is 6.82. The normalized spacial score (nSPS) is 13.5. The van der Waals surface area contributed by atoms with Gasteiger partial charge in [-0.1, -0.05) is 0 Å². The molecule has 0 bridgehead atoms. The van der Waals surface area contributed by atoms with Crippen LogP contribution in [0.1, 0.15) is 17.4 Å². The van der Waals surface area contributed by atoms with E-state index >= 15 is 0 Å². The Bertz CT molecular complexity index is 663. The molecular formula is C15H15N3O4. The lowest BCUT2D eigenvalue weighted by Gasteiger charge is -2.14. The standard InChI is InChI=1S/C15H15N3O4/c1-10(18-15(19)12-7-16-4-5-17-12)8-20-11-2-3-13-14(6-11)22-9-21-13/h2-7,10H,8-9H2,1H3,(H,18,19). The molecule has 1 aliphatic heterocycles. The molecule has 1 aromatic carbocycles. The van der Waals surface area contributed by atoms with Crippen LogP contribution in [0.3, 0.4) is 0 Å². The number of hydrogen-bond acceptors (Lipinski definition) is 6. The lowest BCUT2D eigenvalue weighted by molar-refractivity contribution is 0.0921. The number of carbonyl (C=O) groups excluding carboxylic acids is 1. The largest absolute Gasteiger partial charge is 0.491 e. The Morgan fingerprint density at radius 3 is 3.05 bits per heavy atom. The maximum Gasteiger partial charge on any atom is 0.271 e. The highest BCUT2D eigenvalue weighted by atomic mass is 16.7. The van der Waals surface area contributed by atoms with Crippen molar-refractivity contribution < 1.29 is 19.0 Å². The van der Waals surface area contributed by atoms with Crippen LogP contribution in [-0.4, -0.2) is 35.3 Å². The van der Waals surface area contributed by atoms with Crippen LogP contribution in [0.5, 0.6) is 17.2 Å². The summed E-state index contributed by atoms with van der Waals surface area (Å²) in [5, 5.41) is 2.80. The van der Waals surface area contributed by atoms with E-state index < -0.39 is 0 Å². The van der Waals surface area contributed by atoms with Crippen molar-refractivity contribution in [1.29, 1.82) is 0 Å². The van der Waals surface area contributed by atoms with Crippen LogP contribution >= 0.6 is 0 Å². The Kier molecular flexibility index (Phi) is 4.04. The molecule has 0 fully saturated rings. The second-order valence-corrected chi connectivity index (χ2v) is 4.79. The van der Waals surface area contributed by atoms with Gasteiger partial charge in [0.25, 0.3) is 5.91 Å². The number of hydrogen-bond donors (Lipinski definition) is 1. The number of amides is 1. The number of nitrogens with one attached hydrogen (secondary N) is 1. The third-order valence-electron chi connectivity index (χ3n) is 3.02. The van der Waals surface area contributed by atoms with Crippen molar-refractivity contribution >= 4 is 5.91 Å². The lowest BCUT2D eigenvalue weighted by Crippen LogP contribution is -2.37. The first-order valence-corrected chi connectivity index (χ1v) is 6.82. The van der Waals surface area contributed by atoms with Crippen molar-refractivity contribution in [1.82, 2.24) is 15.3 Å². The summed E-state index contributed by atoms with van der Waals surface area (Å²) in [6.07, 6.45) is 4.41. The number of benzene rings is 1. The van der Waals surface area contributed by atoms with Gasteiger partial charge in [0.1, 0.15) is 18.1 Å². The Labute approximate surface area is 127 Å². The summed E-state index contributed by atoms with van der Waals surface area (Å²) in [7, 11) is 0. The molecule has 0 aliphatic carbocycles. The summed E-state index contributed by atoms with van der Waals surface area (Å²) in [4.78, 5) is 19.7. The van der Waals surface area contributed by atoms with E-state index in [1.54, 1.807) is 18.2 Å². The molecule has 3 rings (SSSR count). The highest BCUT2D eigenvalue weighted by Gasteiger charge is 2.15. The summed E-state index contributed by atoms with van der Waals surface area (Å²) < 4.78 is 16.2. The highest BCUT2D eigenvalue weighted by Crippen LogP contribution is 2.35. The summed E-state index contributed by atoms with van der Waals surface area (Å²) in [5.74, 6) is 1.74. The SMILES string of the molecule is CC(COc1ccc2c(c1)OCO2)NC(=O)c1cnccn1. The molecule has 0 radical (unpaired) electrons. The molecule has 22 heavy (non-hydrogen) atoms. The van der Waals surface area contributed by atoms with Gasteiger partial charge in [0.15, 0.2) is 11.5 Å². The highest BCUT2D eigenvalue weighted by molar-refractivity contribution is 5.92. The first-order chi connectivity index (χ1) is 10.7. The van der Waals surface area contributed by atoms with E-state index in [0.29, 0.717) is 23.9 Å². The van der Waals surface area contributed by atoms with Gasteiger partial charge in [-0.2, -0.15) is 0 Å². The zero-order chi connectivity index (χ0) is 15.4. The molecule has 1 N–H and O–H groups in total. The maximum absolute atomic E-state index is 11.9. The molecule has 0 saturated heterocycles. The van der Waals surface area contributed by atoms with Gasteiger partial charge in [0, 0.05) is 18.5 Å². The van der Waals surface area contributed by atoms with E-state index in [9.17, 15) is 4.79 Å². The van der Waals surface area contributed by atoms with Gasteiger partial charge >= 0.3 is 0 Å². The Balaban J connectivity index is 1.52. The van der Waals surface area contributed by atoms with Crippen LogP contribution in [0, 0.1) is 0 Å². The van der Waals surface area contributed by atoms with Gasteiger partial charge in [-0.05, 0) is 19.1 Å². The Morgan fingerprint density at radius 1 is 1.36 bits per heavy atom. The van der Waals surface area contributed by atoms with Gasteiger partial charge < -0.3 is 19.5 Å². The van der Waals surface area contributed by atoms with Crippen molar-refractivity contribution in [2.45, 2.75) is 13.0 Å². The molecule has 0 spiro atoms. The molecule has 2 aromatic rings. The fraction of sp³-hybridized carbons (Fsp3) is 0.267. The molecule has 1 amide bonds. The quantitative estimate of drug-likeness (QED) is 0.899. The molecule has 1 aliphatic rings. The first kappa shape index (κ1) is 14.1. The number of carbonyl (C=O) groups is 1. The van der Waals surface area contributed by atoms with Crippen LogP contribution in [0.4, 0.5) is 0 Å².